The van der Waals surface area contributed by atoms with Gasteiger partial charge in [0.05, 0.1) is 31.7 Å². The Hall–Kier alpha value is -5.31. The molecule has 1 saturated carbocycles. The van der Waals surface area contributed by atoms with E-state index in [0.29, 0.717) is 43.8 Å². The smallest absolute Gasteiger partial charge is 0.333 e. The summed E-state index contributed by atoms with van der Waals surface area (Å²) in [6, 6.07) is 11.5. The Labute approximate surface area is 352 Å². The number of ether oxygens (including phenoxy) is 3. The van der Waals surface area contributed by atoms with E-state index >= 15 is 0 Å². The molecule has 60 heavy (non-hydrogen) atoms. The first-order chi connectivity index (χ1) is 28.7. The number of carbonyl (C=O) groups excluding carboxylic acids is 7. The van der Waals surface area contributed by atoms with E-state index in [4.69, 9.17) is 14.2 Å². The number of amides is 5. The molecule has 5 rings (SSSR count). The van der Waals surface area contributed by atoms with Gasteiger partial charge in [-0.15, -0.1) is 0 Å². The predicted octanol–water partition coefficient (Wildman–Crippen LogP) is 3.62. The van der Waals surface area contributed by atoms with Crippen LogP contribution in [-0.4, -0.2) is 102 Å². The van der Waals surface area contributed by atoms with Crippen molar-refractivity contribution in [2.45, 2.75) is 134 Å². The molecule has 0 radical (unpaired) electrons. The average molecular weight is 832 g/mol. The Bertz CT molecular complexity index is 1830. The van der Waals surface area contributed by atoms with Crippen molar-refractivity contribution in [3.63, 3.8) is 0 Å². The summed E-state index contributed by atoms with van der Waals surface area (Å²) in [5.74, 6) is -4.28. The maximum atomic E-state index is 14.6. The van der Waals surface area contributed by atoms with Crippen molar-refractivity contribution in [3.05, 3.63) is 65.7 Å². The molecule has 4 bridgehead atoms. The van der Waals surface area contributed by atoms with Gasteiger partial charge in [0.1, 0.15) is 23.4 Å². The second-order valence-electron chi connectivity index (χ2n) is 16.9. The van der Waals surface area contributed by atoms with Gasteiger partial charge in [-0.1, -0.05) is 75.1 Å². The van der Waals surface area contributed by atoms with Crippen molar-refractivity contribution < 1.29 is 47.8 Å². The first-order valence-corrected chi connectivity index (χ1v) is 21.3. The minimum atomic E-state index is -1.25. The lowest BCUT2D eigenvalue weighted by atomic mass is 9.83. The van der Waals surface area contributed by atoms with Gasteiger partial charge in [-0.2, -0.15) is 0 Å². The molecule has 4 N–H and O–H groups in total. The van der Waals surface area contributed by atoms with Crippen LogP contribution in [0.15, 0.2) is 54.6 Å². The van der Waals surface area contributed by atoms with Crippen LogP contribution in [0.5, 0.6) is 5.75 Å². The molecule has 2 aromatic carbocycles. The van der Waals surface area contributed by atoms with Crippen molar-refractivity contribution in [3.8, 4) is 5.75 Å². The molecule has 2 unspecified atom stereocenters. The first-order valence-electron chi connectivity index (χ1n) is 21.3. The monoisotopic (exact) mass is 831 g/mol. The lowest BCUT2D eigenvalue weighted by Gasteiger charge is -2.35. The van der Waals surface area contributed by atoms with Crippen LogP contribution in [-0.2, 0) is 49.5 Å². The third-order valence-corrected chi connectivity index (χ3v) is 10.9. The van der Waals surface area contributed by atoms with Crippen LogP contribution in [0.1, 0.15) is 109 Å². The van der Waals surface area contributed by atoms with Gasteiger partial charge in [0.25, 0.3) is 5.91 Å². The number of carbonyl (C=O) groups is 7. The van der Waals surface area contributed by atoms with Gasteiger partial charge in [0.2, 0.25) is 29.4 Å². The first kappa shape index (κ1) is 45.8. The number of fused-ring (bicyclic) bond motifs is 4. The number of Topliss-reactive ketones (excluding diaryl/α,β-unsaturated/α-hetero) is 1. The number of ketones is 1. The van der Waals surface area contributed by atoms with Crippen LogP contribution in [0.4, 0.5) is 0 Å². The molecule has 2 aromatic rings. The minimum Gasteiger partial charge on any atom is -0.494 e. The summed E-state index contributed by atoms with van der Waals surface area (Å²) in [6.07, 6.45) is 6.02. The van der Waals surface area contributed by atoms with E-state index in [2.05, 4.69) is 21.3 Å². The van der Waals surface area contributed by atoms with Gasteiger partial charge >= 0.3 is 5.97 Å². The fourth-order valence-corrected chi connectivity index (χ4v) is 7.96. The zero-order chi connectivity index (χ0) is 43.2. The maximum Gasteiger partial charge on any atom is 0.333 e. The Kier molecular flexibility index (Phi) is 16.6. The number of benzene rings is 2. The highest BCUT2D eigenvalue weighted by atomic mass is 16.6. The standard InChI is InChI=1S/C45H61N5O10/c1-5-15-34(40(53)42(55)46-27-37(52)49-39(31-19-10-7-11-20-31)44(57)60-45(2,3)4)47-41(54)35-26-33-28-50(35)43(56)38(30-17-8-6-9-18-30)48-36(51)25-29-16-14-21-32(24-29)58-22-12-13-23-59-33/h7,10-11,14,16,19-21,24,30,33-35,38-39H,5-6,8-9,12-13,15,17-18,22-23,25-28H2,1-4H3,(H,46,55)(H,47,54)(H,48,51)(H,49,52)/t33-,34?,35?,38-,39+/m1/s1. The normalized spacial score (nSPS) is 21.6. The van der Waals surface area contributed by atoms with Crippen LogP contribution in [0.2, 0.25) is 0 Å². The Balaban J connectivity index is 1.28. The summed E-state index contributed by atoms with van der Waals surface area (Å²) in [4.78, 5) is 96.7. The second-order valence-corrected chi connectivity index (χ2v) is 16.9. The Morgan fingerprint density at radius 3 is 2.37 bits per heavy atom. The number of nitrogens with zero attached hydrogens (tertiary/aromatic N) is 1. The molecule has 2 heterocycles. The number of hydrogen-bond donors (Lipinski definition) is 4. The summed E-state index contributed by atoms with van der Waals surface area (Å²) in [5, 5.41) is 10.7. The van der Waals surface area contributed by atoms with E-state index in [1.165, 1.54) is 4.90 Å². The van der Waals surface area contributed by atoms with E-state index in [9.17, 15) is 33.6 Å². The van der Waals surface area contributed by atoms with Gasteiger partial charge in [-0.3, -0.25) is 28.8 Å². The molecule has 5 atom stereocenters. The fraction of sp³-hybridized carbons (Fsp3) is 0.578. The van der Waals surface area contributed by atoms with E-state index in [1.807, 2.05) is 24.3 Å². The quantitative estimate of drug-likeness (QED) is 0.181. The van der Waals surface area contributed by atoms with Crippen molar-refractivity contribution in [2.75, 3.05) is 26.3 Å². The van der Waals surface area contributed by atoms with E-state index in [0.717, 1.165) is 37.7 Å². The zero-order valence-electron chi connectivity index (χ0n) is 35.3. The van der Waals surface area contributed by atoms with Gasteiger partial charge in [-0.25, -0.2) is 4.79 Å². The third kappa shape index (κ3) is 13.4. The van der Waals surface area contributed by atoms with E-state index in [1.54, 1.807) is 58.0 Å². The van der Waals surface area contributed by atoms with Gasteiger partial charge in [0.15, 0.2) is 6.04 Å². The number of rotatable bonds is 12. The molecule has 1 saturated heterocycles. The molecule has 326 valence electrons. The highest BCUT2D eigenvalue weighted by molar-refractivity contribution is 6.38. The number of esters is 1. The Morgan fingerprint density at radius 1 is 0.917 bits per heavy atom. The van der Waals surface area contributed by atoms with Crippen LogP contribution < -0.4 is 26.0 Å². The highest BCUT2D eigenvalue weighted by Gasteiger charge is 2.45. The lowest BCUT2D eigenvalue weighted by molar-refractivity contribution is -0.158. The third-order valence-electron chi connectivity index (χ3n) is 10.9. The fourth-order valence-electron chi connectivity index (χ4n) is 7.96. The molecule has 0 aromatic heterocycles. The minimum absolute atomic E-state index is 0.0469. The van der Waals surface area contributed by atoms with Gasteiger partial charge in [0, 0.05) is 19.6 Å². The van der Waals surface area contributed by atoms with Crippen LogP contribution in [0.25, 0.3) is 0 Å². The summed E-state index contributed by atoms with van der Waals surface area (Å²) in [7, 11) is 0. The molecular weight excluding hydrogens is 771 g/mol. The number of nitrogens with one attached hydrogen (secondary N) is 4. The highest BCUT2D eigenvalue weighted by Crippen LogP contribution is 2.31. The molecule has 2 fully saturated rings. The second kappa shape index (κ2) is 21.8. The predicted molar refractivity (Wildman–Crippen MR) is 221 cm³/mol. The van der Waals surface area contributed by atoms with Crippen molar-refractivity contribution in [1.82, 2.24) is 26.2 Å². The van der Waals surface area contributed by atoms with Gasteiger partial charge < -0.3 is 40.4 Å². The van der Waals surface area contributed by atoms with E-state index in [-0.39, 0.29) is 43.5 Å². The molecule has 3 aliphatic rings. The van der Waals surface area contributed by atoms with E-state index < -0.39 is 71.9 Å². The summed E-state index contributed by atoms with van der Waals surface area (Å²) in [6.45, 7) is 7.22. The average Bonchev–Trinajstić information content (AvgIpc) is 3.66. The molecule has 0 spiro atoms. The van der Waals surface area contributed by atoms with Crippen LogP contribution >= 0.6 is 0 Å². The van der Waals surface area contributed by atoms with Crippen molar-refractivity contribution in [1.29, 1.82) is 0 Å². The van der Waals surface area contributed by atoms with Crippen molar-refractivity contribution in [2.24, 2.45) is 5.92 Å². The van der Waals surface area contributed by atoms with Gasteiger partial charge in [-0.05, 0) is 82.1 Å². The number of hydrogen-bond acceptors (Lipinski definition) is 10. The summed E-state index contributed by atoms with van der Waals surface area (Å²) < 4.78 is 17.6. The molecular formula is C45H61N5O10. The van der Waals surface area contributed by atoms with Crippen LogP contribution in [0.3, 0.4) is 0 Å². The largest absolute Gasteiger partial charge is 0.494 e. The van der Waals surface area contributed by atoms with Crippen LogP contribution in [0, 0.1) is 5.92 Å². The Morgan fingerprint density at radius 2 is 1.65 bits per heavy atom. The summed E-state index contributed by atoms with van der Waals surface area (Å²) in [5.41, 5.74) is 0.393. The summed E-state index contributed by atoms with van der Waals surface area (Å²) >= 11 is 0. The topological polar surface area (TPSA) is 199 Å². The maximum absolute atomic E-state index is 14.6. The molecule has 2 aliphatic heterocycles. The SMILES string of the molecule is CCCC(NC(=O)C1C[C@@H]2CN1C(=O)[C@@H](C1CCCCC1)NC(=O)Cc1cccc(c1)OCCCCO2)C(=O)C(=O)NCC(=O)N[C@H](C(=O)OC(C)(C)C)c1ccccc1. The van der Waals surface area contributed by atoms with Crippen molar-refractivity contribution >= 4 is 41.3 Å². The molecule has 15 nitrogen and oxygen atoms in total. The molecule has 5 amide bonds. The lowest BCUT2D eigenvalue weighted by Crippen LogP contribution is -2.58. The molecule has 1 aliphatic carbocycles. The zero-order valence-corrected chi connectivity index (χ0v) is 35.3. The molecule has 15 heteroatoms.